The first kappa shape index (κ1) is 9.95. The average molecular weight is 192 g/mol. The lowest BCUT2D eigenvalue weighted by Gasteiger charge is -2.38. The summed E-state index contributed by atoms with van der Waals surface area (Å²) in [5.41, 5.74) is 0. The molecule has 2 aliphatic carbocycles. The Hall–Kier alpha value is -0.590. The molecule has 0 spiro atoms. The molecule has 14 heavy (non-hydrogen) atoms. The van der Waals surface area contributed by atoms with Crippen LogP contribution >= 0.6 is 0 Å². The standard InChI is InChI=1S/C13H20O/c1-2-13(14)12-8-7-10-5-3-4-6-11(10)9-12/h2,10-12H,1,3-9H2. The molecule has 0 aromatic rings. The summed E-state index contributed by atoms with van der Waals surface area (Å²) in [6.07, 6.45) is 10.7. The second-order valence-corrected chi connectivity index (χ2v) is 4.92. The van der Waals surface area contributed by atoms with E-state index in [9.17, 15) is 4.79 Å². The zero-order chi connectivity index (χ0) is 9.97. The highest BCUT2D eigenvalue weighted by Crippen LogP contribution is 2.42. The fourth-order valence-electron chi connectivity index (χ4n) is 3.30. The number of hydrogen-bond donors (Lipinski definition) is 0. The van der Waals surface area contributed by atoms with Crippen LogP contribution in [0.15, 0.2) is 12.7 Å². The lowest BCUT2D eigenvalue weighted by atomic mass is 9.67. The van der Waals surface area contributed by atoms with Crippen LogP contribution in [0.25, 0.3) is 0 Å². The van der Waals surface area contributed by atoms with Crippen molar-refractivity contribution < 1.29 is 4.79 Å². The third-order valence-electron chi connectivity index (χ3n) is 4.14. The Kier molecular flexibility index (Phi) is 3.05. The highest BCUT2D eigenvalue weighted by molar-refractivity contribution is 5.91. The van der Waals surface area contributed by atoms with Crippen LogP contribution in [0.1, 0.15) is 44.9 Å². The molecule has 2 rings (SSSR count). The van der Waals surface area contributed by atoms with Gasteiger partial charge in [-0.3, -0.25) is 4.79 Å². The van der Waals surface area contributed by atoms with Crippen LogP contribution < -0.4 is 0 Å². The van der Waals surface area contributed by atoms with Crippen LogP contribution in [0.5, 0.6) is 0 Å². The van der Waals surface area contributed by atoms with Crippen molar-refractivity contribution in [3.63, 3.8) is 0 Å². The first-order valence-electron chi connectivity index (χ1n) is 5.97. The van der Waals surface area contributed by atoms with Crippen LogP contribution in [0.2, 0.25) is 0 Å². The van der Waals surface area contributed by atoms with Crippen LogP contribution in [0, 0.1) is 17.8 Å². The number of carbonyl (C=O) groups excluding carboxylic acids is 1. The molecule has 1 heteroatoms. The lowest BCUT2D eigenvalue weighted by molar-refractivity contribution is -0.120. The minimum Gasteiger partial charge on any atom is -0.295 e. The molecule has 0 heterocycles. The first-order chi connectivity index (χ1) is 6.81. The van der Waals surface area contributed by atoms with Crippen molar-refractivity contribution in [1.29, 1.82) is 0 Å². The number of rotatable bonds is 2. The molecule has 0 radical (unpaired) electrons. The van der Waals surface area contributed by atoms with Crippen LogP contribution in [-0.2, 0) is 4.79 Å². The molecule has 3 unspecified atom stereocenters. The Balaban J connectivity index is 1.95. The Labute approximate surface area is 86.6 Å². The summed E-state index contributed by atoms with van der Waals surface area (Å²) in [5.74, 6) is 2.39. The molecule has 78 valence electrons. The second kappa shape index (κ2) is 4.29. The van der Waals surface area contributed by atoms with Crippen molar-refractivity contribution in [2.24, 2.45) is 17.8 Å². The molecule has 2 saturated carbocycles. The van der Waals surface area contributed by atoms with Gasteiger partial charge in [0, 0.05) is 5.92 Å². The Bertz CT molecular complexity index is 231. The third kappa shape index (κ3) is 1.92. The molecule has 0 bridgehead atoms. The van der Waals surface area contributed by atoms with E-state index in [0.717, 1.165) is 24.7 Å². The topological polar surface area (TPSA) is 17.1 Å². The summed E-state index contributed by atoms with van der Waals surface area (Å²) in [7, 11) is 0. The smallest absolute Gasteiger partial charge is 0.158 e. The van der Waals surface area contributed by atoms with Gasteiger partial charge in [0.25, 0.3) is 0 Å². The number of hydrogen-bond acceptors (Lipinski definition) is 1. The van der Waals surface area contributed by atoms with Gasteiger partial charge in [-0.2, -0.15) is 0 Å². The van der Waals surface area contributed by atoms with Gasteiger partial charge in [-0.1, -0.05) is 32.3 Å². The first-order valence-corrected chi connectivity index (χ1v) is 5.97. The maximum absolute atomic E-state index is 11.5. The van der Waals surface area contributed by atoms with E-state index in [4.69, 9.17) is 0 Å². The molecule has 0 aromatic heterocycles. The zero-order valence-electron chi connectivity index (χ0n) is 8.87. The minimum atomic E-state index is 0.286. The van der Waals surface area contributed by atoms with Crippen molar-refractivity contribution in [1.82, 2.24) is 0 Å². The fraction of sp³-hybridized carbons (Fsp3) is 0.769. The van der Waals surface area contributed by atoms with Crippen molar-refractivity contribution in [3.8, 4) is 0 Å². The van der Waals surface area contributed by atoms with E-state index in [1.165, 1.54) is 38.2 Å². The monoisotopic (exact) mass is 192 g/mol. The van der Waals surface area contributed by atoms with E-state index in [1.54, 1.807) is 0 Å². The quantitative estimate of drug-likeness (QED) is 0.613. The molecule has 3 atom stereocenters. The fourth-order valence-corrected chi connectivity index (χ4v) is 3.30. The van der Waals surface area contributed by atoms with E-state index >= 15 is 0 Å². The summed E-state index contributed by atoms with van der Waals surface area (Å²) >= 11 is 0. The molecule has 0 aromatic carbocycles. The Morgan fingerprint density at radius 1 is 1.07 bits per heavy atom. The Morgan fingerprint density at radius 3 is 2.50 bits per heavy atom. The molecule has 1 nitrogen and oxygen atoms in total. The summed E-state index contributed by atoms with van der Waals surface area (Å²) < 4.78 is 0. The molecule has 2 fully saturated rings. The Morgan fingerprint density at radius 2 is 1.79 bits per heavy atom. The predicted octanol–water partition coefficient (Wildman–Crippen LogP) is 3.35. The SMILES string of the molecule is C=CC(=O)C1CCC2CCCCC2C1. The second-order valence-electron chi connectivity index (χ2n) is 4.92. The zero-order valence-corrected chi connectivity index (χ0v) is 8.87. The average Bonchev–Trinajstić information content (AvgIpc) is 2.27. The molecule has 0 N–H and O–H groups in total. The van der Waals surface area contributed by atoms with Crippen molar-refractivity contribution in [3.05, 3.63) is 12.7 Å². The number of fused-ring (bicyclic) bond motifs is 1. The maximum Gasteiger partial charge on any atom is 0.158 e. The lowest BCUT2D eigenvalue weighted by Crippen LogP contribution is -2.30. The van der Waals surface area contributed by atoms with Crippen molar-refractivity contribution in [2.45, 2.75) is 44.9 Å². The normalized spacial score (nSPS) is 37.3. The van der Waals surface area contributed by atoms with Gasteiger partial charge in [0.1, 0.15) is 0 Å². The minimum absolute atomic E-state index is 0.286. The van der Waals surface area contributed by atoms with Crippen LogP contribution in [-0.4, -0.2) is 5.78 Å². The summed E-state index contributed by atoms with van der Waals surface area (Å²) in [6, 6.07) is 0. The van der Waals surface area contributed by atoms with Gasteiger partial charge in [-0.05, 0) is 37.2 Å². The summed E-state index contributed by atoms with van der Waals surface area (Å²) in [4.78, 5) is 11.5. The van der Waals surface area contributed by atoms with Crippen LogP contribution in [0.4, 0.5) is 0 Å². The highest BCUT2D eigenvalue weighted by Gasteiger charge is 2.33. The number of ketones is 1. The third-order valence-corrected chi connectivity index (χ3v) is 4.14. The van der Waals surface area contributed by atoms with Crippen LogP contribution in [0.3, 0.4) is 0 Å². The van der Waals surface area contributed by atoms with E-state index in [0.29, 0.717) is 5.92 Å². The summed E-state index contributed by atoms with van der Waals surface area (Å²) in [5, 5.41) is 0. The van der Waals surface area contributed by atoms with E-state index in [1.807, 2.05) is 0 Å². The van der Waals surface area contributed by atoms with Gasteiger partial charge >= 0.3 is 0 Å². The molecule has 0 aliphatic heterocycles. The number of allylic oxidation sites excluding steroid dienone is 1. The van der Waals surface area contributed by atoms with Crippen molar-refractivity contribution >= 4 is 5.78 Å². The molecule has 2 aliphatic rings. The predicted molar refractivity (Wildman–Crippen MR) is 58.0 cm³/mol. The molecule has 0 saturated heterocycles. The largest absolute Gasteiger partial charge is 0.295 e. The van der Waals surface area contributed by atoms with Gasteiger partial charge in [0.05, 0.1) is 0 Å². The molecular formula is C13H20O. The van der Waals surface area contributed by atoms with Gasteiger partial charge in [0.2, 0.25) is 0 Å². The molecule has 0 amide bonds. The summed E-state index contributed by atoms with van der Waals surface area (Å²) in [6.45, 7) is 3.59. The van der Waals surface area contributed by atoms with E-state index in [2.05, 4.69) is 6.58 Å². The van der Waals surface area contributed by atoms with Gasteiger partial charge < -0.3 is 0 Å². The maximum atomic E-state index is 11.5. The van der Waals surface area contributed by atoms with Crippen molar-refractivity contribution in [2.75, 3.05) is 0 Å². The number of carbonyl (C=O) groups is 1. The van der Waals surface area contributed by atoms with Gasteiger partial charge in [-0.25, -0.2) is 0 Å². The van der Waals surface area contributed by atoms with E-state index in [-0.39, 0.29) is 5.78 Å². The van der Waals surface area contributed by atoms with E-state index < -0.39 is 0 Å². The van der Waals surface area contributed by atoms with Gasteiger partial charge in [-0.15, -0.1) is 0 Å². The highest BCUT2D eigenvalue weighted by atomic mass is 16.1. The molecular weight excluding hydrogens is 172 g/mol. The van der Waals surface area contributed by atoms with Gasteiger partial charge in [0.15, 0.2) is 5.78 Å².